The molecule has 1 amide bonds. The average molecular weight is 347 g/mol. The number of aryl methyl sites for hydroxylation is 2. The van der Waals surface area contributed by atoms with Gasteiger partial charge in [-0.15, -0.1) is 0 Å². The minimum Gasteiger partial charge on any atom is -0.484 e. The van der Waals surface area contributed by atoms with Gasteiger partial charge in [0.2, 0.25) is 0 Å². The summed E-state index contributed by atoms with van der Waals surface area (Å²) in [6.07, 6.45) is 3.33. The summed E-state index contributed by atoms with van der Waals surface area (Å²) in [6.45, 7) is -2.62. The molecule has 0 saturated heterocycles. The van der Waals surface area contributed by atoms with Crippen molar-refractivity contribution in [3.8, 4) is 11.5 Å². The molecule has 3 rings (SSSR count). The topological polar surface area (TPSA) is 47.6 Å². The average Bonchev–Trinajstić information content (AvgIpc) is 3.06. The first-order valence-electron chi connectivity index (χ1n) is 8.15. The van der Waals surface area contributed by atoms with E-state index in [0.717, 1.165) is 18.4 Å². The Morgan fingerprint density at radius 2 is 1.76 bits per heavy atom. The van der Waals surface area contributed by atoms with Crippen LogP contribution in [0.4, 0.5) is 8.78 Å². The molecule has 0 radical (unpaired) electrons. The van der Waals surface area contributed by atoms with Crippen molar-refractivity contribution < 1.29 is 23.0 Å². The second kappa shape index (κ2) is 7.96. The van der Waals surface area contributed by atoms with Crippen LogP contribution in [0.15, 0.2) is 42.5 Å². The molecule has 0 fully saturated rings. The van der Waals surface area contributed by atoms with Gasteiger partial charge in [-0.05, 0) is 60.2 Å². The van der Waals surface area contributed by atoms with Crippen LogP contribution in [0, 0.1) is 0 Å². The number of benzene rings is 2. The molecule has 6 heteroatoms. The van der Waals surface area contributed by atoms with Crippen LogP contribution in [-0.4, -0.2) is 19.1 Å². The maximum absolute atomic E-state index is 12.1. The standard InChI is InChI=1S/C19H19F2NO3/c20-19(21)25-16-7-4-13(5-8-16)11-22-18(23)12-24-17-9-6-14-2-1-3-15(14)10-17/h4-10,19H,1-3,11-12H2,(H,22,23). The number of carbonyl (C=O) groups is 1. The fourth-order valence-corrected chi connectivity index (χ4v) is 2.83. The maximum Gasteiger partial charge on any atom is 0.387 e. The third-order valence-corrected chi connectivity index (χ3v) is 4.08. The lowest BCUT2D eigenvalue weighted by Gasteiger charge is -2.09. The smallest absolute Gasteiger partial charge is 0.387 e. The number of ether oxygens (including phenoxy) is 2. The zero-order valence-corrected chi connectivity index (χ0v) is 13.6. The van der Waals surface area contributed by atoms with Crippen molar-refractivity contribution in [2.45, 2.75) is 32.4 Å². The molecule has 2 aromatic carbocycles. The van der Waals surface area contributed by atoms with E-state index in [-0.39, 0.29) is 18.3 Å². The number of carbonyl (C=O) groups excluding carboxylic acids is 1. The second-order valence-corrected chi connectivity index (χ2v) is 5.87. The van der Waals surface area contributed by atoms with E-state index >= 15 is 0 Å². The van der Waals surface area contributed by atoms with Crippen molar-refractivity contribution in [3.63, 3.8) is 0 Å². The van der Waals surface area contributed by atoms with Gasteiger partial charge in [0, 0.05) is 6.54 Å². The van der Waals surface area contributed by atoms with Crippen LogP contribution >= 0.6 is 0 Å². The molecule has 25 heavy (non-hydrogen) atoms. The number of nitrogens with one attached hydrogen (secondary N) is 1. The molecule has 0 atom stereocenters. The summed E-state index contributed by atoms with van der Waals surface area (Å²) in [7, 11) is 0. The molecule has 4 nitrogen and oxygen atoms in total. The van der Waals surface area contributed by atoms with Crippen molar-refractivity contribution in [1.29, 1.82) is 0 Å². The Morgan fingerprint density at radius 1 is 1.04 bits per heavy atom. The molecular weight excluding hydrogens is 328 g/mol. The van der Waals surface area contributed by atoms with Crippen molar-refractivity contribution in [1.82, 2.24) is 5.32 Å². The van der Waals surface area contributed by atoms with Crippen molar-refractivity contribution in [3.05, 3.63) is 59.2 Å². The van der Waals surface area contributed by atoms with E-state index in [4.69, 9.17) is 4.74 Å². The van der Waals surface area contributed by atoms with Gasteiger partial charge in [-0.3, -0.25) is 4.79 Å². The molecule has 132 valence electrons. The lowest BCUT2D eigenvalue weighted by atomic mass is 10.1. The minimum atomic E-state index is -2.85. The summed E-state index contributed by atoms with van der Waals surface area (Å²) in [4.78, 5) is 11.9. The van der Waals surface area contributed by atoms with Crippen LogP contribution in [0.3, 0.4) is 0 Å². The molecule has 0 unspecified atom stereocenters. The SMILES string of the molecule is O=C(COc1ccc2c(c1)CCC2)NCc1ccc(OC(F)F)cc1. The van der Waals surface area contributed by atoms with Crippen LogP contribution in [0.5, 0.6) is 11.5 Å². The van der Waals surface area contributed by atoms with E-state index < -0.39 is 6.61 Å². The van der Waals surface area contributed by atoms with Crippen LogP contribution < -0.4 is 14.8 Å². The highest BCUT2D eigenvalue weighted by molar-refractivity contribution is 5.77. The molecule has 1 aliphatic carbocycles. The van der Waals surface area contributed by atoms with Crippen LogP contribution in [0.1, 0.15) is 23.1 Å². The van der Waals surface area contributed by atoms with E-state index in [1.807, 2.05) is 12.1 Å². The zero-order chi connectivity index (χ0) is 17.6. The zero-order valence-electron chi connectivity index (χ0n) is 13.6. The molecule has 0 aliphatic heterocycles. The normalized spacial score (nSPS) is 12.8. The van der Waals surface area contributed by atoms with Gasteiger partial charge in [0.25, 0.3) is 5.91 Å². The highest BCUT2D eigenvalue weighted by Crippen LogP contribution is 2.25. The monoisotopic (exact) mass is 347 g/mol. The Hall–Kier alpha value is -2.63. The third kappa shape index (κ3) is 4.92. The largest absolute Gasteiger partial charge is 0.484 e. The number of hydrogen-bond acceptors (Lipinski definition) is 3. The van der Waals surface area contributed by atoms with Gasteiger partial charge in [0.05, 0.1) is 0 Å². The summed E-state index contributed by atoms with van der Waals surface area (Å²) in [5, 5.41) is 2.73. The Morgan fingerprint density at radius 3 is 2.52 bits per heavy atom. The molecule has 1 N–H and O–H groups in total. The Bertz CT molecular complexity index is 732. The lowest BCUT2D eigenvalue weighted by Crippen LogP contribution is -2.28. The summed E-state index contributed by atoms with van der Waals surface area (Å²) < 4.78 is 34.0. The van der Waals surface area contributed by atoms with Crippen LogP contribution in [-0.2, 0) is 24.2 Å². The molecule has 2 aromatic rings. The van der Waals surface area contributed by atoms with E-state index in [1.54, 1.807) is 12.1 Å². The molecule has 0 bridgehead atoms. The van der Waals surface area contributed by atoms with E-state index in [0.29, 0.717) is 12.3 Å². The van der Waals surface area contributed by atoms with Crippen molar-refractivity contribution >= 4 is 5.91 Å². The number of hydrogen-bond donors (Lipinski definition) is 1. The molecule has 1 aliphatic rings. The van der Waals surface area contributed by atoms with Gasteiger partial charge in [-0.1, -0.05) is 18.2 Å². The first kappa shape index (κ1) is 17.2. The number of fused-ring (bicyclic) bond motifs is 1. The Balaban J connectivity index is 1.43. The predicted octanol–water partition coefficient (Wildman–Crippen LogP) is 3.47. The fraction of sp³-hybridized carbons (Fsp3) is 0.316. The van der Waals surface area contributed by atoms with Crippen LogP contribution in [0.25, 0.3) is 0 Å². The highest BCUT2D eigenvalue weighted by Gasteiger charge is 2.12. The van der Waals surface area contributed by atoms with Gasteiger partial charge < -0.3 is 14.8 Å². The third-order valence-electron chi connectivity index (χ3n) is 4.08. The fourth-order valence-electron chi connectivity index (χ4n) is 2.83. The number of rotatable bonds is 7. The predicted molar refractivity (Wildman–Crippen MR) is 88.9 cm³/mol. The van der Waals surface area contributed by atoms with Gasteiger partial charge in [-0.2, -0.15) is 8.78 Å². The molecule has 0 heterocycles. The summed E-state index contributed by atoms with van der Waals surface area (Å²) in [5.41, 5.74) is 3.44. The van der Waals surface area contributed by atoms with E-state index in [9.17, 15) is 13.6 Å². The quantitative estimate of drug-likeness (QED) is 0.834. The molecule has 0 saturated carbocycles. The maximum atomic E-state index is 12.1. The Kier molecular flexibility index (Phi) is 5.48. The molecule has 0 spiro atoms. The Labute approximate surface area is 144 Å². The minimum absolute atomic E-state index is 0.0641. The molecule has 0 aromatic heterocycles. The summed E-state index contributed by atoms with van der Waals surface area (Å²) >= 11 is 0. The summed E-state index contributed by atoms with van der Waals surface area (Å²) in [6, 6.07) is 12.1. The van der Waals surface area contributed by atoms with Gasteiger partial charge >= 0.3 is 6.61 Å². The number of amides is 1. The first-order chi connectivity index (χ1) is 12.1. The van der Waals surface area contributed by atoms with Crippen molar-refractivity contribution in [2.75, 3.05) is 6.61 Å². The van der Waals surface area contributed by atoms with E-state index in [2.05, 4.69) is 16.1 Å². The van der Waals surface area contributed by atoms with Gasteiger partial charge in [0.15, 0.2) is 6.61 Å². The first-order valence-corrected chi connectivity index (χ1v) is 8.15. The second-order valence-electron chi connectivity index (χ2n) is 5.87. The van der Waals surface area contributed by atoms with Crippen LogP contribution in [0.2, 0.25) is 0 Å². The van der Waals surface area contributed by atoms with Gasteiger partial charge in [-0.25, -0.2) is 0 Å². The van der Waals surface area contributed by atoms with Gasteiger partial charge in [0.1, 0.15) is 11.5 Å². The number of halogens is 2. The molecular formula is C19H19F2NO3. The highest BCUT2D eigenvalue weighted by atomic mass is 19.3. The van der Waals surface area contributed by atoms with E-state index in [1.165, 1.54) is 29.7 Å². The van der Waals surface area contributed by atoms with Crippen molar-refractivity contribution in [2.24, 2.45) is 0 Å². The summed E-state index contributed by atoms with van der Waals surface area (Å²) in [5.74, 6) is 0.544. The lowest BCUT2D eigenvalue weighted by molar-refractivity contribution is -0.123. The number of alkyl halides is 2.